The molecule has 0 saturated heterocycles. The van der Waals surface area contributed by atoms with E-state index in [1.54, 1.807) is 18.2 Å². The van der Waals surface area contributed by atoms with Gasteiger partial charge >= 0.3 is 0 Å². The number of ether oxygens (including phenoxy) is 1. The standard InChI is InChI=1S/C14H12ClNO2/c15-13-8-12(9-16-17)6-7-14(13)18-10-11-4-2-1-3-5-11/h1-8H,9-10H2. The van der Waals surface area contributed by atoms with E-state index in [4.69, 9.17) is 16.3 Å². The zero-order chi connectivity index (χ0) is 12.8. The molecule has 2 rings (SSSR count). The van der Waals surface area contributed by atoms with Gasteiger partial charge in [-0.15, -0.1) is 0 Å². The van der Waals surface area contributed by atoms with Crippen molar-refractivity contribution in [1.29, 1.82) is 0 Å². The summed E-state index contributed by atoms with van der Waals surface area (Å²) in [6, 6.07) is 15.1. The Morgan fingerprint density at radius 3 is 2.50 bits per heavy atom. The fourth-order valence-electron chi connectivity index (χ4n) is 1.57. The summed E-state index contributed by atoms with van der Waals surface area (Å²) < 4.78 is 5.62. The average Bonchev–Trinajstić information content (AvgIpc) is 2.39. The molecule has 0 bridgehead atoms. The zero-order valence-corrected chi connectivity index (χ0v) is 10.4. The quantitative estimate of drug-likeness (QED) is 0.757. The average molecular weight is 262 g/mol. The van der Waals surface area contributed by atoms with E-state index in [0.717, 1.165) is 11.1 Å². The molecule has 0 aromatic heterocycles. The molecule has 92 valence electrons. The fraction of sp³-hybridized carbons (Fsp3) is 0.143. The van der Waals surface area contributed by atoms with Crippen molar-refractivity contribution in [2.75, 3.05) is 0 Å². The van der Waals surface area contributed by atoms with E-state index in [1.165, 1.54) is 0 Å². The molecule has 18 heavy (non-hydrogen) atoms. The lowest BCUT2D eigenvalue weighted by Gasteiger charge is -2.08. The van der Waals surface area contributed by atoms with Crippen LogP contribution in [0.2, 0.25) is 5.02 Å². The van der Waals surface area contributed by atoms with Gasteiger partial charge < -0.3 is 4.74 Å². The molecule has 0 aliphatic rings. The highest BCUT2D eigenvalue weighted by Crippen LogP contribution is 2.26. The maximum absolute atomic E-state index is 10.2. The second-order valence-electron chi connectivity index (χ2n) is 3.83. The zero-order valence-electron chi connectivity index (χ0n) is 9.67. The van der Waals surface area contributed by atoms with Crippen LogP contribution in [-0.2, 0) is 13.2 Å². The van der Waals surface area contributed by atoms with Crippen molar-refractivity contribution >= 4 is 11.6 Å². The third-order valence-electron chi connectivity index (χ3n) is 2.48. The first-order valence-corrected chi connectivity index (χ1v) is 5.91. The molecular formula is C14H12ClNO2. The Kier molecular flexibility index (Phi) is 4.31. The van der Waals surface area contributed by atoms with Gasteiger partial charge in [-0.3, -0.25) is 0 Å². The second kappa shape index (κ2) is 6.17. The largest absolute Gasteiger partial charge is 0.487 e. The molecule has 0 fully saturated rings. The molecule has 2 aromatic rings. The van der Waals surface area contributed by atoms with Crippen LogP contribution < -0.4 is 4.74 Å². The minimum absolute atomic E-state index is 0.124. The maximum atomic E-state index is 10.2. The molecule has 0 radical (unpaired) electrons. The van der Waals surface area contributed by atoms with Crippen molar-refractivity contribution in [3.63, 3.8) is 0 Å². The molecule has 0 atom stereocenters. The van der Waals surface area contributed by atoms with E-state index in [0.29, 0.717) is 17.4 Å². The third-order valence-corrected chi connectivity index (χ3v) is 2.78. The van der Waals surface area contributed by atoms with Crippen molar-refractivity contribution in [2.24, 2.45) is 5.18 Å². The van der Waals surface area contributed by atoms with Gasteiger partial charge in [0.1, 0.15) is 18.9 Å². The Balaban J connectivity index is 2.03. The summed E-state index contributed by atoms with van der Waals surface area (Å²) in [5, 5.41) is 3.31. The molecule has 0 N–H and O–H groups in total. The van der Waals surface area contributed by atoms with E-state index in [-0.39, 0.29) is 6.54 Å². The molecule has 0 aliphatic carbocycles. The van der Waals surface area contributed by atoms with Crippen LogP contribution in [0.4, 0.5) is 0 Å². The number of benzene rings is 2. The van der Waals surface area contributed by atoms with Crippen molar-refractivity contribution in [1.82, 2.24) is 0 Å². The predicted molar refractivity (Wildman–Crippen MR) is 71.7 cm³/mol. The summed E-state index contributed by atoms with van der Waals surface area (Å²) in [5.74, 6) is 0.607. The van der Waals surface area contributed by atoms with E-state index < -0.39 is 0 Å². The van der Waals surface area contributed by atoms with Gasteiger partial charge in [0.2, 0.25) is 0 Å². The van der Waals surface area contributed by atoms with Gasteiger partial charge in [0.15, 0.2) is 0 Å². The molecule has 0 saturated carbocycles. The van der Waals surface area contributed by atoms with E-state index >= 15 is 0 Å². The van der Waals surface area contributed by atoms with E-state index in [2.05, 4.69) is 5.18 Å². The summed E-state index contributed by atoms with van der Waals surface area (Å²) in [6.45, 7) is 0.588. The van der Waals surface area contributed by atoms with Crippen LogP contribution in [0.25, 0.3) is 0 Å². The molecule has 0 amide bonds. The molecule has 3 nitrogen and oxygen atoms in total. The van der Waals surface area contributed by atoms with Crippen LogP contribution in [0, 0.1) is 4.91 Å². The maximum Gasteiger partial charge on any atom is 0.138 e. The molecule has 0 unspecified atom stereocenters. The van der Waals surface area contributed by atoms with Crippen molar-refractivity contribution in [3.8, 4) is 5.75 Å². The number of hydrogen-bond donors (Lipinski definition) is 0. The van der Waals surface area contributed by atoms with Crippen LogP contribution in [0.5, 0.6) is 5.75 Å². The van der Waals surface area contributed by atoms with Gasteiger partial charge in [-0.25, -0.2) is 0 Å². The van der Waals surface area contributed by atoms with Gasteiger partial charge in [0, 0.05) is 0 Å². The van der Waals surface area contributed by atoms with Gasteiger partial charge in [0.25, 0.3) is 0 Å². The summed E-state index contributed by atoms with van der Waals surface area (Å²) in [7, 11) is 0. The number of rotatable bonds is 5. The Hall–Kier alpha value is -1.87. The Morgan fingerprint density at radius 2 is 1.83 bits per heavy atom. The summed E-state index contributed by atoms with van der Waals surface area (Å²) in [6.07, 6.45) is 0. The van der Waals surface area contributed by atoms with Gasteiger partial charge in [-0.1, -0.05) is 53.2 Å². The number of nitrogens with zero attached hydrogens (tertiary/aromatic N) is 1. The highest BCUT2D eigenvalue weighted by Gasteiger charge is 2.03. The summed E-state index contributed by atoms with van der Waals surface area (Å²) >= 11 is 6.06. The normalized spacial score (nSPS) is 10.1. The first-order valence-electron chi connectivity index (χ1n) is 5.54. The molecular weight excluding hydrogens is 250 g/mol. The lowest BCUT2D eigenvalue weighted by molar-refractivity contribution is 0.306. The number of nitroso groups, excluding NO2 is 1. The molecule has 0 spiro atoms. The Bertz CT molecular complexity index is 529. The fourth-order valence-corrected chi connectivity index (χ4v) is 1.83. The smallest absolute Gasteiger partial charge is 0.138 e. The topological polar surface area (TPSA) is 38.7 Å². The lowest BCUT2D eigenvalue weighted by Crippen LogP contribution is -1.96. The first kappa shape index (κ1) is 12.6. The van der Waals surface area contributed by atoms with Gasteiger partial charge in [-0.05, 0) is 23.3 Å². The van der Waals surface area contributed by atoms with Crippen LogP contribution in [0.1, 0.15) is 11.1 Å². The van der Waals surface area contributed by atoms with Crippen molar-refractivity contribution < 1.29 is 4.74 Å². The summed E-state index contributed by atoms with van der Waals surface area (Å²) in [4.78, 5) is 10.2. The minimum atomic E-state index is 0.124. The van der Waals surface area contributed by atoms with E-state index in [1.807, 2.05) is 30.3 Å². The van der Waals surface area contributed by atoms with Crippen LogP contribution in [0.15, 0.2) is 53.7 Å². The summed E-state index contributed by atoms with van der Waals surface area (Å²) in [5.41, 5.74) is 1.86. The predicted octanol–water partition coefficient (Wildman–Crippen LogP) is 4.19. The Labute approximate surface area is 110 Å². The van der Waals surface area contributed by atoms with E-state index in [9.17, 15) is 4.91 Å². The molecule has 2 aromatic carbocycles. The second-order valence-corrected chi connectivity index (χ2v) is 4.23. The molecule has 0 aliphatic heterocycles. The van der Waals surface area contributed by atoms with Crippen molar-refractivity contribution in [3.05, 3.63) is 69.6 Å². The van der Waals surface area contributed by atoms with Crippen LogP contribution >= 0.6 is 11.6 Å². The van der Waals surface area contributed by atoms with Crippen molar-refractivity contribution in [2.45, 2.75) is 13.2 Å². The number of hydrogen-bond acceptors (Lipinski definition) is 3. The highest BCUT2D eigenvalue weighted by atomic mass is 35.5. The monoisotopic (exact) mass is 261 g/mol. The first-order chi connectivity index (χ1) is 8.79. The van der Waals surface area contributed by atoms with Crippen LogP contribution in [-0.4, -0.2) is 0 Å². The third kappa shape index (κ3) is 3.31. The number of halogens is 1. The Morgan fingerprint density at radius 1 is 1.06 bits per heavy atom. The minimum Gasteiger partial charge on any atom is -0.487 e. The highest BCUT2D eigenvalue weighted by molar-refractivity contribution is 6.32. The van der Waals surface area contributed by atoms with Crippen LogP contribution in [0.3, 0.4) is 0 Å². The molecule has 4 heteroatoms. The van der Waals surface area contributed by atoms with Gasteiger partial charge in [0.05, 0.1) is 5.02 Å². The molecule has 0 heterocycles. The SMILES string of the molecule is O=NCc1ccc(OCc2ccccc2)c(Cl)c1. The van der Waals surface area contributed by atoms with Gasteiger partial charge in [-0.2, -0.15) is 4.91 Å². The lowest BCUT2D eigenvalue weighted by atomic mass is 10.2.